The number of hydrogen-bond donors (Lipinski definition) is 0. The topological polar surface area (TPSA) is 56.7 Å². The average molecular weight is 448 g/mol. The van der Waals surface area contributed by atoms with Crippen molar-refractivity contribution < 1.29 is 17.6 Å². The summed E-state index contributed by atoms with van der Waals surface area (Å²) in [5, 5.41) is 5.31. The Labute approximate surface area is 187 Å². The molecule has 0 atom stereocenters. The third kappa shape index (κ3) is 4.37. The van der Waals surface area contributed by atoms with Crippen LogP contribution in [-0.2, 0) is 6.54 Å². The van der Waals surface area contributed by atoms with E-state index in [-0.39, 0.29) is 18.7 Å². The molecule has 0 aliphatic heterocycles. The van der Waals surface area contributed by atoms with Crippen molar-refractivity contribution in [2.24, 2.45) is 0 Å². The zero-order chi connectivity index (χ0) is 22.8. The van der Waals surface area contributed by atoms with E-state index in [2.05, 4.69) is 15.1 Å². The van der Waals surface area contributed by atoms with Crippen molar-refractivity contribution in [3.63, 3.8) is 0 Å². The van der Waals surface area contributed by atoms with Crippen LogP contribution >= 0.6 is 0 Å². The Hall–Kier alpha value is -3.94. The lowest BCUT2D eigenvalue weighted by molar-refractivity contribution is 0.132. The van der Waals surface area contributed by atoms with Gasteiger partial charge in [-0.05, 0) is 36.8 Å². The Morgan fingerprint density at radius 2 is 1.70 bits per heavy atom. The van der Waals surface area contributed by atoms with Crippen molar-refractivity contribution in [2.75, 3.05) is 0 Å². The van der Waals surface area contributed by atoms with Gasteiger partial charge < -0.3 is 4.42 Å². The third-order valence-electron chi connectivity index (χ3n) is 5.33. The third-order valence-corrected chi connectivity index (χ3v) is 5.33. The molecule has 166 valence electrons. The van der Waals surface area contributed by atoms with Crippen LogP contribution in [0.3, 0.4) is 0 Å². The fourth-order valence-electron chi connectivity index (χ4n) is 3.75. The summed E-state index contributed by atoms with van der Waals surface area (Å²) in [5.74, 6) is 0.295. The average Bonchev–Trinajstić information content (AvgIpc) is 3.44. The van der Waals surface area contributed by atoms with E-state index in [0.717, 1.165) is 5.56 Å². The highest BCUT2D eigenvalue weighted by Gasteiger charge is 2.20. The molecular formula is C25H19F3N4O. The molecule has 0 N–H and O–H groups in total. The molecule has 8 heteroatoms. The molecule has 0 saturated heterocycles. The first-order chi connectivity index (χ1) is 16.1. The molecule has 0 amide bonds. The highest BCUT2D eigenvalue weighted by molar-refractivity contribution is 5.95. The quantitative estimate of drug-likeness (QED) is 0.281. The molecule has 0 aliphatic carbocycles. The molecule has 0 spiro atoms. The summed E-state index contributed by atoms with van der Waals surface area (Å²) in [5.41, 5.74) is 3.89. The fourth-order valence-corrected chi connectivity index (χ4v) is 3.75. The van der Waals surface area contributed by atoms with Gasteiger partial charge in [-0.3, -0.25) is 4.68 Å². The van der Waals surface area contributed by atoms with Crippen LogP contribution in [0.5, 0.6) is 0 Å². The molecule has 5 rings (SSSR count). The van der Waals surface area contributed by atoms with Gasteiger partial charge >= 0.3 is 0 Å². The Balaban J connectivity index is 1.62. The summed E-state index contributed by atoms with van der Waals surface area (Å²) in [6.07, 6.45) is 0.908. The zero-order valence-corrected chi connectivity index (χ0v) is 17.5. The summed E-state index contributed by atoms with van der Waals surface area (Å²) in [6.45, 7) is 0.327. The summed E-state index contributed by atoms with van der Waals surface area (Å²) in [6, 6.07) is 17.5. The van der Waals surface area contributed by atoms with E-state index in [1.165, 1.54) is 18.5 Å². The molecule has 2 aromatic carbocycles. The molecule has 5 aromatic rings. The SMILES string of the molecule is Fc1ccc(-c2nn(CCCC(F)F)cc2-c2ncnc3oc(-c4ccccc4)cc23)cc1. The number of benzene rings is 2. The Kier molecular flexibility index (Phi) is 5.64. The van der Waals surface area contributed by atoms with Gasteiger partial charge in [-0.1, -0.05) is 30.3 Å². The minimum absolute atomic E-state index is 0.207. The minimum Gasteiger partial charge on any atom is -0.438 e. The predicted octanol–water partition coefficient (Wildman–Crippen LogP) is 6.60. The van der Waals surface area contributed by atoms with E-state index in [1.807, 2.05) is 36.4 Å². The maximum Gasteiger partial charge on any atom is 0.238 e. The van der Waals surface area contributed by atoms with Gasteiger partial charge in [0.2, 0.25) is 12.1 Å². The van der Waals surface area contributed by atoms with Crippen molar-refractivity contribution in [2.45, 2.75) is 25.8 Å². The van der Waals surface area contributed by atoms with Gasteiger partial charge in [-0.15, -0.1) is 0 Å². The van der Waals surface area contributed by atoms with E-state index >= 15 is 0 Å². The Morgan fingerprint density at radius 3 is 2.45 bits per heavy atom. The van der Waals surface area contributed by atoms with Crippen molar-refractivity contribution in [1.29, 1.82) is 0 Å². The van der Waals surface area contributed by atoms with Crippen LogP contribution in [0.1, 0.15) is 12.8 Å². The number of fused-ring (bicyclic) bond motifs is 1. The van der Waals surface area contributed by atoms with E-state index in [1.54, 1.807) is 23.0 Å². The molecule has 0 unspecified atom stereocenters. The number of furan rings is 1. The molecule has 5 nitrogen and oxygen atoms in total. The van der Waals surface area contributed by atoms with Crippen LogP contribution < -0.4 is 0 Å². The molecule has 0 bridgehead atoms. The van der Waals surface area contributed by atoms with Crippen molar-refractivity contribution in [1.82, 2.24) is 19.7 Å². The van der Waals surface area contributed by atoms with Crippen LogP contribution in [0.4, 0.5) is 13.2 Å². The Morgan fingerprint density at radius 1 is 0.909 bits per heavy atom. The van der Waals surface area contributed by atoms with Gasteiger partial charge in [0, 0.05) is 35.9 Å². The highest BCUT2D eigenvalue weighted by Crippen LogP contribution is 2.36. The monoisotopic (exact) mass is 448 g/mol. The van der Waals surface area contributed by atoms with E-state index in [4.69, 9.17) is 4.42 Å². The second-order valence-corrected chi connectivity index (χ2v) is 7.61. The Bertz CT molecular complexity index is 1380. The summed E-state index contributed by atoms with van der Waals surface area (Å²) in [7, 11) is 0. The lowest BCUT2D eigenvalue weighted by Gasteiger charge is -2.03. The first-order valence-corrected chi connectivity index (χ1v) is 10.5. The van der Waals surface area contributed by atoms with Crippen LogP contribution in [0, 0.1) is 5.82 Å². The molecule has 0 saturated carbocycles. The van der Waals surface area contributed by atoms with E-state index in [0.29, 0.717) is 45.9 Å². The first kappa shape index (κ1) is 20.9. The molecule has 0 aliphatic rings. The zero-order valence-electron chi connectivity index (χ0n) is 17.5. The number of alkyl halides is 2. The molecule has 3 heterocycles. The maximum atomic E-state index is 13.5. The second kappa shape index (κ2) is 8.90. The summed E-state index contributed by atoms with van der Waals surface area (Å²) >= 11 is 0. The molecule has 0 radical (unpaired) electrons. The second-order valence-electron chi connectivity index (χ2n) is 7.61. The van der Waals surface area contributed by atoms with Gasteiger partial charge in [0.25, 0.3) is 0 Å². The van der Waals surface area contributed by atoms with Crippen LogP contribution in [0.15, 0.2) is 77.6 Å². The number of nitrogens with zero attached hydrogens (tertiary/aromatic N) is 4. The lowest BCUT2D eigenvalue weighted by atomic mass is 10.0. The first-order valence-electron chi connectivity index (χ1n) is 10.5. The van der Waals surface area contributed by atoms with Gasteiger partial charge in [-0.25, -0.2) is 23.1 Å². The lowest BCUT2D eigenvalue weighted by Crippen LogP contribution is -2.01. The summed E-state index contributed by atoms with van der Waals surface area (Å²) in [4.78, 5) is 8.76. The fraction of sp³-hybridized carbons (Fsp3) is 0.160. The molecule has 3 aromatic heterocycles. The van der Waals surface area contributed by atoms with E-state index < -0.39 is 6.43 Å². The number of halogens is 3. The van der Waals surface area contributed by atoms with E-state index in [9.17, 15) is 13.2 Å². The molecule has 33 heavy (non-hydrogen) atoms. The molecular weight excluding hydrogens is 429 g/mol. The van der Waals surface area contributed by atoms with Crippen molar-refractivity contribution in [3.8, 4) is 33.8 Å². The molecule has 0 fully saturated rings. The van der Waals surface area contributed by atoms with Gasteiger partial charge in [-0.2, -0.15) is 5.10 Å². The number of aryl methyl sites for hydroxylation is 1. The maximum absolute atomic E-state index is 13.5. The standard InChI is InChI=1S/C25H19F3N4O/c26-18-10-8-17(9-11-18)23-20(14-32(31-23)12-4-7-22(27)28)24-19-13-21(16-5-2-1-3-6-16)33-25(19)30-15-29-24/h1-3,5-6,8-11,13-15,22H,4,7,12H2. The smallest absolute Gasteiger partial charge is 0.238 e. The van der Waals surface area contributed by atoms with Gasteiger partial charge in [0.05, 0.1) is 11.1 Å². The normalized spacial score (nSPS) is 11.5. The van der Waals surface area contributed by atoms with Crippen LogP contribution in [-0.4, -0.2) is 26.2 Å². The van der Waals surface area contributed by atoms with Crippen LogP contribution in [0.2, 0.25) is 0 Å². The summed E-state index contributed by atoms with van der Waals surface area (Å²) < 4.78 is 46.3. The van der Waals surface area contributed by atoms with Gasteiger partial charge in [0.1, 0.15) is 23.6 Å². The highest BCUT2D eigenvalue weighted by atomic mass is 19.3. The number of aromatic nitrogens is 4. The van der Waals surface area contributed by atoms with Gasteiger partial charge in [0.15, 0.2) is 0 Å². The van der Waals surface area contributed by atoms with Crippen molar-refractivity contribution >= 4 is 11.1 Å². The number of rotatable bonds is 7. The largest absolute Gasteiger partial charge is 0.438 e. The van der Waals surface area contributed by atoms with Crippen molar-refractivity contribution in [3.05, 3.63) is 79.0 Å². The number of hydrogen-bond acceptors (Lipinski definition) is 4. The predicted molar refractivity (Wildman–Crippen MR) is 119 cm³/mol. The van der Waals surface area contributed by atoms with Crippen LogP contribution in [0.25, 0.3) is 44.9 Å². The minimum atomic E-state index is -2.36.